The Morgan fingerprint density at radius 1 is 1.27 bits per heavy atom. The van der Waals surface area contributed by atoms with Crippen LogP contribution in [0.15, 0.2) is 12.2 Å². The van der Waals surface area contributed by atoms with Gasteiger partial charge in [-0.05, 0) is 22.0 Å². The first-order chi connectivity index (χ1) is 4.86. The molecule has 64 valence electrons. The van der Waals surface area contributed by atoms with Crippen molar-refractivity contribution in [2.24, 2.45) is 0 Å². The van der Waals surface area contributed by atoms with Crippen LogP contribution in [0.25, 0.3) is 0 Å². The predicted molar refractivity (Wildman–Crippen MR) is 32.8 cm³/mol. The molecule has 1 aliphatic rings. The third kappa shape index (κ3) is 1.73. The van der Waals surface area contributed by atoms with Crippen molar-refractivity contribution in [2.75, 3.05) is 0 Å². The zero-order valence-electron chi connectivity index (χ0n) is 5.03. The Morgan fingerprint density at radius 3 is 2.00 bits per heavy atom. The van der Waals surface area contributed by atoms with Gasteiger partial charge in [0.15, 0.2) is 0 Å². The number of hydrogen-bond donors (Lipinski definition) is 0. The summed E-state index contributed by atoms with van der Waals surface area (Å²) in [5, 5.41) is -2.29. The first-order valence-corrected chi connectivity index (χ1v) is 3.53. The molecule has 6 heteroatoms. The van der Waals surface area contributed by atoms with Crippen molar-refractivity contribution in [2.45, 2.75) is 17.0 Å². The van der Waals surface area contributed by atoms with Crippen LogP contribution in [-0.2, 0) is 4.74 Å². The topological polar surface area (TPSA) is 9.23 Å². The fraction of sp³-hybridized carbons (Fsp3) is 0.600. The average Bonchev–Trinajstić information content (AvgIpc) is 2.08. The number of hydrogen-bond acceptors (Lipinski definition) is 1. The largest absolute Gasteiger partial charge is 0.379 e. The minimum absolute atomic E-state index is 0.167. The van der Waals surface area contributed by atoms with Gasteiger partial charge in [0.1, 0.15) is 0 Å². The zero-order valence-corrected chi connectivity index (χ0v) is 6.62. The van der Waals surface area contributed by atoms with Gasteiger partial charge in [-0.2, -0.15) is 8.78 Å². The summed E-state index contributed by atoms with van der Waals surface area (Å²) in [4.78, 5) is 0. The van der Waals surface area contributed by atoms with Crippen LogP contribution in [0.5, 0.6) is 0 Å². The van der Waals surface area contributed by atoms with Gasteiger partial charge in [-0.25, -0.2) is 8.78 Å². The van der Waals surface area contributed by atoms with E-state index in [0.29, 0.717) is 6.08 Å². The Bertz CT molecular complexity index is 193. The van der Waals surface area contributed by atoms with Crippen molar-refractivity contribution >= 4 is 15.9 Å². The van der Waals surface area contributed by atoms with E-state index in [0.717, 1.165) is 0 Å². The Hall–Kier alpha value is -0.100. The van der Waals surface area contributed by atoms with Crippen molar-refractivity contribution in [3.8, 4) is 0 Å². The highest BCUT2D eigenvalue weighted by Gasteiger charge is 2.51. The fourth-order valence-corrected chi connectivity index (χ4v) is 0.851. The van der Waals surface area contributed by atoms with Crippen LogP contribution in [0.4, 0.5) is 17.6 Å². The van der Waals surface area contributed by atoms with Crippen molar-refractivity contribution in [3.63, 3.8) is 0 Å². The molecule has 0 saturated heterocycles. The highest BCUT2D eigenvalue weighted by molar-refractivity contribution is 9.09. The average molecular weight is 235 g/mol. The van der Waals surface area contributed by atoms with Crippen LogP contribution < -0.4 is 0 Å². The predicted octanol–water partition coefficient (Wildman–Crippen LogP) is 2.52. The lowest BCUT2D eigenvalue weighted by Crippen LogP contribution is -2.33. The zero-order chi connectivity index (χ0) is 8.70. The van der Waals surface area contributed by atoms with Crippen molar-refractivity contribution in [1.82, 2.24) is 0 Å². The summed E-state index contributed by atoms with van der Waals surface area (Å²) >= 11 is 2.16. The van der Waals surface area contributed by atoms with Crippen LogP contribution >= 0.6 is 15.9 Å². The Morgan fingerprint density at radius 2 is 1.82 bits per heavy atom. The van der Waals surface area contributed by atoms with Crippen molar-refractivity contribution in [3.05, 3.63) is 12.2 Å². The molecule has 1 nitrogen and oxygen atoms in total. The monoisotopic (exact) mass is 234 g/mol. The molecule has 2 atom stereocenters. The lowest BCUT2D eigenvalue weighted by molar-refractivity contribution is -0.278. The van der Waals surface area contributed by atoms with E-state index in [1.54, 1.807) is 0 Å². The van der Waals surface area contributed by atoms with Crippen LogP contribution in [0, 0.1) is 0 Å². The molecule has 0 saturated carbocycles. The van der Waals surface area contributed by atoms with Gasteiger partial charge in [-0.15, -0.1) is 0 Å². The molecule has 0 aliphatic carbocycles. The Kier molecular flexibility index (Phi) is 2.00. The molecule has 2 unspecified atom stereocenters. The fourth-order valence-electron chi connectivity index (χ4n) is 0.605. The van der Waals surface area contributed by atoms with Gasteiger partial charge in [-0.1, -0.05) is 0 Å². The molecule has 0 fully saturated rings. The lowest BCUT2D eigenvalue weighted by atomic mass is 10.3. The van der Waals surface area contributed by atoms with E-state index in [2.05, 4.69) is 20.7 Å². The van der Waals surface area contributed by atoms with Crippen LogP contribution in [0.1, 0.15) is 0 Å². The van der Waals surface area contributed by atoms with E-state index in [-0.39, 0.29) is 6.08 Å². The quantitative estimate of drug-likeness (QED) is 0.385. The SMILES string of the molecule is FC(Br)C1(F)C=CC(F)(F)O1. The minimum Gasteiger partial charge on any atom is -0.272 e. The number of alkyl halides is 5. The molecule has 1 heterocycles. The Balaban J connectivity index is 2.76. The highest BCUT2D eigenvalue weighted by atomic mass is 79.9. The maximum absolute atomic E-state index is 12.7. The second-order valence-corrected chi connectivity index (χ2v) is 2.80. The molecule has 1 rings (SSSR count). The Labute approximate surface area is 68.1 Å². The van der Waals surface area contributed by atoms with E-state index in [4.69, 9.17) is 0 Å². The molecule has 0 spiro atoms. The number of ether oxygens (including phenoxy) is 1. The molecule has 0 N–H and O–H groups in total. The summed E-state index contributed by atoms with van der Waals surface area (Å²) in [7, 11) is 0. The first-order valence-electron chi connectivity index (χ1n) is 2.61. The second kappa shape index (κ2) is 2.45. The molecular weight excluding hydrogens is 232 g/mol. The second-order valence-electron chi connectivity index (χ2n) is 2.00. The van der Waals surface area contributed by atoms with E-state index in [1.165, 1.54) is 0 Å². The van der Waals surface area contributed by atoms with Gasteiger partial charge in [0.05, 0.1) is 0 Å². The molecular formula is C5H3BrF4O. The third-order valence-electron chi connectivity index (χ3n) is 1.09. The summed E-state index contributed by atoms with van der Waals surface area (Å²) in [5.74, 6) is -3.05. The summed E-state index contributed by atoms with van der Waals surface area (Å²) in [5.41, 5.74) is 0. The van der Waals surface area contributed by atoms with Gasteiger partial charge >= 0.3 is 6.11 Å². The van der Waals surface area contributed by atoms with E-state index in [1.807, 2.05) is 0 Å². The van der Waals surface area contributed by atoms with Gasteiger partial charge in [0.25, 0.3) is 5.85 Å². The standard InChI is InChI=1S/C5H3BrF4O/c6-3(7)4(8)1-2-5(9,10)11-4/h1-3H. The summed E-state index contributed by atoms with van der Waals surface area (Å²) in [6, 6.07) is 0. The number of halogens is 5. The molecule has 0 aromatic carbocycles. The highest BCUT2D eigenvalue weighted by Crippen LogP contribution is 2.39. The van der Waals surface area contributed by atoms with E-state index in [9.17, 15) is 17.6 Å². The van der Waals surface area contributed by atoms with Gasteiger partial charge < -0.3 is 0 Å². The maximum Gasteiger partial charge on any atom is 0.379 e. The van der Waals surface area contributed by atoms with E-state index < -0.39 is 17.0 Å². The molecule has 0 aromatic rings. The van der Waals surface area contributed by atoms with Crippen LogP contribution in [0.2, 0.25) is 0 Å². The van der Waals surface area contributed by atoms with Crippen LogP contribution in [0.3, 0.4) is 0 Å². The molecule has 0 aromatic heterocycles. The van der Waals surface area contributed by atoms with Crippen molar-refractivity contribution < 1.29 is 22.3 Å². The first kappa shape index (κ1) is 8.99. The summed E-state index contributed by atoms with van der Waals surface area (Å²) in [6.45, 7) is 0. The number of rotatable bonds is 1. The summed E-state index contributed by atoms with van der Waals surface area (Å²) in [6.07, 6.45) is -3.21. The smallest absolute Gasteiger partial charge is 0.272 e. The normalized spacial score (nSPS) is 37.5. The minimum atomic E-state index is -3.72. The third-order valence-corrected chi connectivity index (χ3v) is 1.72. The summed E-state index contributed by atoms with van der Waals surface area (Å²) < 4.78 is 52.5. The van der Waals surface area contributed by atoms with Crippen molar-refractivity contribution in [1.29, 1.82) is 0 Å². The van der Waals surface area contributed by atoms with Crippen LogP contribution in [-0.4, -0.2) is 17.0 Å². The molecule has 11 heavy (non-hydrogen) atoms. The molecule has 1 aliphatic heterocycles. The van der Waals surface area contributed by atoms with Gasteiger partial charge in [0, 0.05) is 6.08 Å². The van der Waals surface area contributed by atoms with Gasteiger partial charge in [0.2, 0.25) is 5.08 Å². The molecule has 0 bridgehead atoms. The molecule has 0 amide bonds. The van der Waals surface area contributed by atoms with Gasteiger partial charge in [-0.3, -0.25) is 4.74 Å². The lowest BCUT2D eigenvalue weighted by Gasteiger charge is -2.19. The molecule has 0 radical (unpaired) electrons. The maximum atomic E-state index is 12.7. The van der Waals surface area contributed by atoms with E-state index >= 15 is 0 Å².